The lowest BCUT2D eigenvalue weighted by Crippen LogP contribution is -2.57. The van der Waals surface area contributed by atoms with Crippen molar-refractivity contribution in [3.8, 4) is 0 Å². The Morgan fingerprint density at radius 3 is 2.81 bits per heavy atom. The highest BCUT2D eigenvalue weighted by Gasteiger charge is 2.35. The molecule has 2 aliphatic rings. The summed E-state index contributed by atoms with van der Waals surface area (Å²) >= 11 is 0. The van der Waals surface area contributed by atoms with Gasteiger partial charge in [0, 0.05) is 18.7 Å². The summed E-state index contributed by atoms with van der Waals surface area (Å²) in [5.74, 6) is 1.78. The van der Waals surface area contributed by atoms with Crippen LogP contribution in [0.2, 0.25) is 0 Å². The van der Waals surface area contributed by atoms with E-state index in [-0.39, 0.29) is 5.54 Å². The maximum absolute atomic E-state index is 5.96. The van der Waals surface area contributed by atoms with E-state index in [0.29, 0.717) is 6.10 Å². The minimum atomic E-state index is 0.140. The molecule has 3 nitrogen and oxygen atoms in total. The molecule has 3 atom stereocenters. The second-order valence-corrected chi connectivity index (χ2v) is 5.82. The predicted octanol–water partition coefficient (Wildman–Crippen LogP) is 1.52. The van der Waals surface area contributed by atoms with E-state index in [1.165, 1.54) is 12.8 Å². The zero-order chi connectivity index (χ0) is 11.6. The Hall–Kier alpha value is -0.120. The molecule has 1 saturated heterocycles. The summed E-state index contributed by atoms with van der Waals surface area (Å²) in [6.45, 7) is 7.21. The molecule has 1 aliphatic heterocycles. The smallest absolute Gasteiger partial charge is 0.0565 e. The summed E-state index contributed by atoms with van der Waals surface area (Å²) in [6, 6.07) is 0. The fraction of sp³-hybridized carbons (Fsp3) is 1.00. The van der Waals surface area contributed by atoms with E-state index in [1.807, 2.05) is 0 Å². The first-order valence-electron chi connectivity index (χ1n) is 6.72. The number of nitrogens with one attached hydrogen (secondary N) is 1. The van der Waals surface area contributed by atoms with Gasteiger partial charge >= 0.3 is 0 Å². The Bertz CT molecular complexity index is 230. The van der Waals surface area contributed by atoms with Gasteiger partial charge in [-0.05, 0) is 51.0 Å². The lowest BCUT2D eigenvalue weighted by Gasteiger charge is -2.40. The molecule has 0 radical (unpaired) electrons. The van der Waals surface area contributed by atoms with Crippen molar-refractivity contribution in [1.82, 2.24) is 5.32 Å². The fourth-order valence-corrected chi connectivity index (χ4v) is 2.79. The van der Waals surface area contributed by atoms with Gasteiger partial charge in [-0.3, -0.25) is 0 Å². The van der Waals surface area contributed by atoms with Crippen LogP contribution in [0.15, 0.2) is 0 Å². The van der Waals surface area contributed by atoms with Crippen LogP contribution in [0.1, 0.15) is 39.5 Å². The van der Waals surface area contributed by atoms with Crippen LogP contribution in [0.5, 0.6) is 0 Å². The topological polar surface area (TPSA) is 47.3 Å². The summed E-state index contributed by atoms with van der Waals surface area (Å²) < 4.78 is 5.61. The van der Waals surface area contributed by atoms with Crippen LogP contribution in [-0.4, -0.2) is 31.3 Å². The minimum Gasteiger partial charge on any atom is -0.378 e. The van der Waals surface area contributed by atoms with Crippen molar-refractivity contribution >= 4 is 0 Å². The Morgan fingerprint density at radius 2 is 2.25 bits per heavy atom. The average Bonchev–Trinajstić information content (AvgIpc) is 3.10. The van der Waals surface area contributed by atoms with Gasteiger partial charge in [-0.1, -0.05) is 6.92 Å². The first kappa shape index (κ1) is 12.3. The molecule has 2 fully saturated rings. The molecule has 16 heavy (non-hydrogen) atoms. The third-order valence-corrected chi connectivity index (χ3v) is 4.28. The largest absolute Gasteiger partial charge is 0.378 e. The van der Waals surface area contributed by atoms with Gasteiger partial charge in [-0.2, -0.15) is 0 Å². The molecule has 2 rings (SSSR count). The molecule has 0 aromatic heterocycles. The second kappa shape index (κ2) is 5.03. The standard InChI is InChI=1S/C13H26N2O/c1-10(12-3-4-12)8-15-13(9-14)5-6-16-11(2)7-13/h10-12,15H,3-9,14H2,1-2H3. The van der Waals surface area contributed by atoms with E-state index in [0.717, 1.165) is 44.4 Å². The SMILES string of the molecule is CC1CC(CN)(NCC(C)C2CC2)CCO1. The number of hydrogen-bond acceptors (Lipinski definition) is 3. The molecule has 0 amide bonds. The van der Waals surface area contributed by atoms with Crippen molar-refractivity contribution in [2.45, 2.75) is 51.2 Å². The molecule has 0 spiro atoms. The van der Waals surface area contributed by atoms with Crippen molar-refractivity contribution in [2.75, 3.05) is 19.7 Å². The van der Waals surface area contributed by atoms with Gasteiger partial charge in [0.1, 0.15) is 0 Å². The van der Waals surface area contributed by atoms with Crippen molar-refractivity contribution in [2.24, 2.45) is 17.6 Å². The van der Waals surface area contributed by atoms with E-state index in [1.54, 1.807) is 0 Å². The molecule has 0 aromatic carbocycles. The first-order valence-corrected chi connectivity index (χ1v) is 6.72. The third kappa shape index (κ3) is 2.96. The minimum absolute atomic E-state index is 0.140. The van der Waals surface area contributed by atoms with E-state index in [2.05, 4.69) is 19.2 Å². The molecule has 1 saturated carbocycles. The average molecular weight is 226 g/mol. The van der Waals surface area contributed by atoms with Crippen molar-refractivity contribution < 1.29 is 4.74 Å². The Kier molecular flexibility index (Phi) is 3.88. The van der Waals surface area contributed by atoms with Crippen molar-refractivity contribution in [1.29, 1.82) is 0 Å². The van der Waals surface area contributed by atoms with Gasteiger partial charge in [0.25, 0.3) is 0 Å². The van der Waals surface area contributed by atoms with Crippen molar-refractivity contribution in [3.63, 3.8) is 0 Å². The van der Waals surface area contributed by atoms with Crippen LogP contribution in [0.4, 0.5) is 0 Å². The lowest BCUT2D eigenvalue weighted by atomic mass is 9.86. The van der Waals surface area contributed by atoms with Gasteiger partial charge in [0.05, 0.1) is 6.10 Å². The lowest BCUT2D eigenvalue weighted by molar-refractivity contribution is -0.0172. The van der Waals surface area contributed by atoms with Crippen LogP contribution in [0, 0.1) is 11.8 Å². The molecule has 0 aromatic rings. The van der Waals surface area contributed by atoms with E-state index in [4.69, 9.17) is 10.5 Å². The quantitative estimate of drug-likeness (QED) is 0.747. The second-order valence-electron chi connectivity index (χ2n) is 5.82. The Labute approximate surface area is 99.1 Å². The highest BCUT2D eigenvalue weighted by molar-refractivity contribution is 4.94. The van der Waals surface area contributed by atoms with E-state index in [9.17, 15) is 0 Å². The van der Waals surface area contributed by atoms with Gasteiger partial charge < -0.3 is 15.8 Å². The number of rotatable bonds is 5. The van der Waals surface area contributed by atoms with Gasteiger partial charge in [-0.15, -0.1) is 0 Å². The molecular weight excluding hydrogens is 200 g/mol. The van der Waals surface area contributed by atoms with Crippen LogP contribution in [-0.2, 0) is 4.74 Å². The summed E-state index contributed by atoms with van der Waals surface area (Å²) in [5.41, 5.74) is 6.10. The van der Waals surface area contributed by atoms with Crippen LogP contribution >= 0.6 is 0 Å². The van der Waals surface area contributed by atoms with Crippen LogP contribution in [0.3, 0.4) is 0 Å². The predicted molar refractivity (Wildman–Crippen MR) is 66.3 cm³/mol. The summed E-state index contributed by atoms with van der Waals surface area (Å²) in [6.07, 6.45) is 5.32. The molecule has 1 heterocycles. The van der Waals surface area contributed by atoms with Gasteiger partial charge in [-0.25, -0.2) is 0 Å². The van der Waals surface area contributed by atoms with E-state index < -0.39 is 0 Å². The number of hydrogen-bond donors (Lipinski definition) is 2. The first-order chi connectivity index (χ1) is 7.65. The van der Waals surface area contributed by atoms with Gasteiger partial charge in [0.15, 0.2) is 0 Å². The normalized spacial score (nSPS) is 37.3. The zero-order valence-corrected chi connectivity index (χ0v) is 10.7. The maximum atomic E-state index is 5.96. The Balaban J connectivity index is 1.82. The molecular formula is C13H26N2O. The summed E-state index contributed by atoms with van der Waals surface area (Å²) in [4.78, 5) is 0. The van der Waals surface area contributed by atoms with E-state index >= 15 is 0 Å². The van der Waals surface area contributed by atoms with Crippen LogP contribution in [0.25, 0.3) is 0 Å². The Morgan fingerprint density at radius 1 is 1.50 bits per heavy atom. The number of ether oxygens (including phenoxy) is 1. The highest BCUT2D eigenvalue weighted by Crippen LogP contribution is 2.36. The molecule has 3 N–H and O–H groups in total. The zero-order valence-electron chi connectivity index (χ0n) is 10.7. The summed E-state index contributed by atoms with van der Waals surface area (Å²) in [7, 11) is 0. The molecule has 94 valence electrons. The molecule has 3 heteroatoms. The highest BCUT2D eigenvalue weighted by atomic mass is 16.5. The van der Waals surface area contributed by atoms with Gasteiger partial charge in [0.2, 0.25) is 0 Å². The molecule has 1 aliphatic carbocycles. The molecule has 3 unspecified atom stereocenters. The fourth-order valence-electron chi connectivity index (χ4n) is 2.79. The van der Waals surface area contributed by atoms with Crippen molar-refractivity contribution in [3.05, 3.63) is 0 Å². The van der Waals surface area contributed by atoms with Crippen LogP contribution < -0.4 is 11.1 Å². The monoisotopic (exact) mass is 226 g/mol. The maximum Gasteiger partial charge on any atom is 0.0565 e. The number of nitrogens with two attached hydrogens (primary N) is 1. The third-order valence-electron chi connectivity index (χ3n) is 4.28. The summed E-state index contributed by atoms with van der Waals surface area (Å²) in [5, 5.41) is 3.73. The molecule has 0 bridgehead atoms.